The average molecular weight is 952 g/mol. The van der Waals surface area contributed by atoms with E-state index in [9.17, 15) is 0 Å². The molecule has 6 aromatic heterocycles. The Bertz CT molecular complexity index is 1490. The fourth-order valence-electron chi connectivity index (χ4n) is 3.13. The molecule has 9 heteroatoms. The fourth-order valence-corrected chi connectivity index (χ4v) is 3.13. The maximum Gasteiger partial charge on any atom is 0 e. The zero-order valence-corrected chi connectivity index (χ0v) is 44.1. The van der Waals surface area contributed by atoms with Crippen molar-refractivity contribution < 1.29 is 98.1 Å². The van der Waals surface area contributed by atoms with Crippen LogP contribution in [0, 0.1) is 57.2 Å². The number of pyridine rings is 6. The van der Waals surface area contributed by atoms with Gasteiger partial charge < -0.3 is 29.9 Å². The molecular formula is C45H60N6Y3-6. The maximum atomic E-state index is 4.29. The van der Waals surface area contributed by atoms with Crippen LogP contribution in [-0.4, -0.2) is 29.9 Å². The molecular weight excluding hydrogens is 891 g/mol. The van der Waals surface area contributed by atoms with Crippen LogP contribution in [0.15, 0.2) is 91.6 Å². The molecule has 3 radical (unpaired) electrons. The topological polar surface area (TPSA) is 77.3 Å². The van der Waals surface area contributed by atoms with Crippen LogP contribution >= 0.6 is 0 Å². The van der Waals surface area contributed by atoms with E-state index in [4.69, 9.17) is 0 Å². The molecule has 0 bridgehead atoms. The van der Waals surface area contributed by atoms with Gasteiger partial charge in [0.25, 0.3) is 0 Å². The molecule has 0 saturated heterocycles. The monoisotopic (exact) mass is 951 g/mol. The molecule has 0 aliphatic rings. The summed E-state index contributed by atoms with van der Waals surface area (Å²) in [6, 6.07) is 36.7. The second-order valence-corrected chi connectivity index (χ2v) is 8.21. The van der Waals surface area contributed by atoms with Gasteiger partial charge in [-0.2, -0.15) is 35.9 Å². The van der Waals surface area contributed by atoms with Crippen molar-refractivity contribution >= 4 is 0 Å². The normalized spacial score (nSPS) is 7.83. The van der Waals surface area contributed by atoms with Gasteiger partial charge in [0.2, 0.25) is 0 Å². The molecule has 6 rings (SSSR count). The van der Waals surface area contributed by atoms with Crippen molar-refractivity contribution in [2.45, 2.75) is 104 Å². The van der Waals surface area contributed by atoms with Gasteiger partial charge in [0, 0.05) is 98.1 Å². The molecule has 0 aliphatic carbocycles. The van der Waals surface area contributed by atoms with Gasteiger partial charge in [0.05, 0.1) is 0 Å². The van der Waals surface area contributed by atoms with Crippen molar-refractivity contribution in [3.8, 4) is 34.2 Å². The summed E-state index contributed by atoms with van der Waals surface area (Å²) in [6.45, 7) is 29.9. The number of rotatable bonds is 3. The Hall–Kier alpha value is -1.79. The standard InChI is InChI=1S/3C11H8N2.6C2H6.3Y/c1-9-5-4-7-11(13-9)10-6-2-3-8-12-10;1-9-5-6-11(13-8-9)10-4-2-3-7-12-10;1-9-5-7-13-11(8-9)10-4-2-3-6-12-10;6*1-2;;;/h2-5,8H,1H3;2-3,5,7-8H,1H3;2-3,5-7H,1H3;6*1-2H3;;;/q3*-2;;;;;;;;;. The van der Waals surface area contributed by atoms with Gasteiger partial charge in [0.15, 0.2) is 0 Å². The van der Waals surface area contributed by atoms with Gasteiger partial charge in [-0.1, -0.05) is 96.9 Å². The molecule has 0 aromatic carbocycles. The van der Waals surface area contributed by atoms with E-state index >= 15 is 0 Å². The van der Waals surface area contributed by atoms with Crippen molar-refractivity contribution in [2.75, 3.05) is 0 Å². The molecule has 0 fully saturated rings. The largest absolute Gasteiger partial charge is 0.357 e. The SMILES string of the molecule is CC.CC.CC.CC.CC.CC.Cc1[c-]c(-c2[c-]cccn2)ncc1.Cc1c[c-]c(-c2[c-]cccn2)nc1.Cc1cc[c-]c(-c2[c-]cccn2)n1.[Y].[Y].[Y]. The van der Waals surface area contributed by atoms with Gasteiger partial charge >= 0.3 is 0 Å². The number of hydrogen-bond acceptors (Lipinski definition) is 6. The minimum absolute atomic E-state index is 0. The third kappa shape index (κ3) is 29.5. The van der Waals surface area contributed by atoms with E-state index in [1.54, 1.807) is 31.0 Å². The molecule has 6 heterocycles. The molecule has 0 amide bonds. The van der Waals surface area contributed by atoms with E-state index in [1.807, 2.05) is 165 Å². The first-order valence-corrected chi connectivity index (χ1v) is 18.1. The Labute approximate surface area is 406 Å². The van der Waals surface area contributed by atoms with E-state index in [0.29, 0.717) is 0 Å². The van der Waals surface area contributed by atoms with Crippen molar-refractivity contribution in [1.82, 2.24) is 29.9 Å². The average Bonchev–Trinajstić information content (AvgIpc) is 3.24. The first kappa shape index (κ1) is 64.1. The fraction of sp³-hybridized carbons (Fsp3) is 0.333. The van der Waals surface area contributed by atoms with Crippen LogP contribution in [0.3, 0.4) is 0 Å². The molecule has 0 saturated carbocycles. The maximum absolute atomic E-state index is 4.29. The Morgan fingerprint density at radius 2 is 0.796 bits per heavy atom. The van der Waals surface area contributed by atoms with E-state index in [2.05, 4.69) is 66.3 Å². The van der Waals surface area contributed by atoms with Crippen molar-refractivity contribution in [1.29, 1.82) is 0 Å². The number of aromatic nitrogens is 6. The minimum atomic E-state index is 0. The smallest absolute Gasteiger partial charge is 0 e. The molecule has 6 nitrogen and oxygen atoms in total. The predicted molar refractivity (Wildman–Crippen MR) is 218 cm³/mol. The second kappa shape index (κ2) is 47.4. The number of nitrogens with zero attached hydrogens (tertiary/aromatic N) is 6. The Morgan fingerprint density at radius 3 is 1.17 bits per heavy atom. The first-order chi connectivity index (χ1) is 25.1. The zero-order valence-electron chi connectivity index (χ0n) is 35.6. The van der Waals surface area contributed by atoms with Gasteiger partial charge in [-0.15, -0.1) is 70.1 Å². The third-order valence-electron chi connectivity index (χ3n) is 5.00. The Morgan fingerprint density at radius 1 is 0.407 bits per heavy atom. The molecule has 54 heavy (non-hydrogen) atoms. The number of aryl methyl sites for hydroxylation is 3. The van der Waals surface area contributed by atoms with Gasteiger partial charge in [0.1, 0.15) is 0 Å². The summed E-state index contributed by atoms with van der Waals surface area (Å²) in [5.41, 5.74) is 7.59. The van der Waals surface area contributed by atoms with Crippen LogP contribution in [0.2, 0.25) is 0 Å². The third-order valence-corrected chi connectivity index (χ3v) is 5.00. The van der Waals surface area contributed by atoms with E-state index < -0.39 is 0 Å². The number of hydrogen-bond donors (Lipinski definition) is 0. The molecule has 0 N–H and O–H groups in total. The Balaban J connectivity index is -0.000000137. The Kier molecular flexibility index (Phi) is 56.2. The van der Waals surface area contributed by atoms with Crippen LogP contribution in [-0.2, 0) is 98.1 Å². The van der Waals surface area contributed by atoms with Crippen LogP contribution < -0.4 is 0 Å². The molecule has 285 valence electrons. The molecule has 6 aromatic rings. The van der Waals surface area contributed by atoms with Gasteiger partial charge in [-0.05, 0) is 43.6 Å². The summed E-state index contributed by atoms with van der Waals surface area (Å²) in [6.07, 6.45) is 8.73. The van der Waals surface area contributed by atoms with Crippen LogP contribution in [0.5, 0.6) is 0 Å². The van der Waals surface area contributed by atoms with Crippen LogP contribution in [0.4, 0.5) is 0 Å². The molecule has 0 atom stereocenters. The van der Waals surface area contributed by atoms with E-state index in [1.165, 1.54) is 0 Å². The van der Waals surface area contributed by atoms with Crippen LogP contribution in [0.25, 0.3) is 34.2 Å². The first-order valence-electron chi connectivity index (χ1n) is 18.1. The predicted octanol–water partition coefficient (Wildman–Crippen LogP) is 12.3. The summed E-state index contributed by atoms with van der Waals surface area (Å²) < 4.78 is 0. The summed E-state index contributed by atoms with van der Waals surface area (Å²) in [5.74, 6) is 0. The summed E-state index contributed by atoms with van der Waals surface area (Å²) >= 11 is 0. The van der Waals surface area contributed by atoms with Gasteiger partial charge in [-0.25, -0.2) is 36.4 Å². The minimum Gasteiger partial charge on any atom is -0.357 e. The van der Waals surface area contributed by atoms with Crippen molar-refractivity contribution in [3.63, 3.8) is 0 Å². The quantitative estimate of drug-likeness (QED) is 0.165. The second-order valence-electron chi connectivity index (χ2n) is 8.21. The summed E-state index contributed by atoms with van der Waals surface area (Å²) in [5, 5.41) is 0. The van der Waals surface area contributed by atoms with Crippen molar-refractivity contribution in [2.24, 2.45) is 0 Å². The van der Waals surface area contributed by atoms with Gasteiger partial charge in [-0.3, -0.25) is 0 Å². The van der Waals surface area contributed by atoms with E-state index in [-0.39, 0.29) is 98.1 Å². The summed E-state index contributed by atoms with van der Waals surface area (Å²) in [7, 11) is 0. The van der Waals surface area contributed by atoms with Crippen LogP contribution in [0.1, 0.15) is 99.9 Å². The van der Waals surface area contributed by atoms with Crippen molar-refractivity contribution in [3.05, 3.63) is 145 Å². The van der Waals surface area contributed by atoms with E-state index in [0.717, 1.165) is 51.0 Å². The zero-order chi connectivity index (χ0) is 39.3. The molecule has 0 unspecified atom stereocenters. The molecule has 0 aliphatic heterocycles. The summed E-state index contributed by atoms with van der Waals surface area (Å²) in [4.78, 5) is 25.1. The molecule has 0 spiro atoms.